The molecule has 0 N–H and O–H groups in total. The van der Waals surface area contributed by atoms with Gasteiger partial charge in [-0.25, -0.2) is 0 Å². The number of likely N-dealkylation sites (tertiary alicyclic amines) is 1. The molecule has 1 atom stereocenters. The summed E-state index contributed by atoms with van der Waals surface area (Å²) in [5, 5.41) is 11.0. The third-order valence-corrected chi connectivity index (χ3v) is 4.28. The molecule has 0 spiro atoms. The topological polar surface area (TPSA) is 63.5 Å². The Morgan fingerprint density at radius 2 is 2.24 bits per heavy atom. The Kier molecular flexibility index (Phi) is 5.17. The molecule has 0 bridgehead atoms. The quantitative estimate of drug-likeness (QED) is 0.485. The van der Waals surface area contributed by atoms with Crippen LogP contribution in [0.25, 0.3) is 0 Å². The van der Waals surface area contributed by atoms with E-state index < -0.39 is 4.92 Å². The van der Waals surface area contributed by atoms with Crippen LogP contribution in [0.2, 0.25) is 0 Å². The number of hydrogen-bond acceptors (Lipinski definition) is 3. The number of nitro groups is 1. The Balaban J connectivity index is 2.30. The molecule has 114 valence electrons. The second-order valence-corrected chi connectivity index (χ2v) is 5.71. The van der Waals surface area contributed by atoms with E-state index >= 15 is 0 Å². The van der Waals surface area contributed by atoms with E-state index in [4.69, 9.17) is 11.6 Å². The molecule has 6 heteroatoms. The zero-order chi connectivity index (χ0) is 15.4. The van der Waals surface area contributed by atoms with Gasteiger partial charge < -0.3 is 4.90 Å². The van der Waals surface area contributed by atoms with E-state index in [1.165, 1.54) is 6.07 Å². The van der Waals surface area contributed by atoms with E-state index in [-0.39, 0.29) is 17.6 Å². The maximum atomic E-state index is 12.7. The largest absolute Gasteiger partial charge is 0.336 e. The monoisotopic (exact) mass is 310 g/mol. The number of carbonyl (C=O) groups is 1. The smallest absolute Gasteiger partial charge is 0.273 e. The van der Waals surface area contributed by atoms with Crippen LogP contribution in [0.1, 0.15) is 41.6 Å². The van der Waals surface area contributed by atoms with Crippen LogP contribution in [-0.4, -0.2) is 34.2 Å². The molecule has 1 heterocycles. The summed E-state index contributed by atoms with van der Waals surface area (Å²) in [6.45, 7) is 2.33. The normalized spacial score (nSPS) is 18.6. The van der Waals surface area contributed by atoms with E-state index in [0.717, 1.165) is 25.7 Å². The third-order valence-electron chi connectivity index (χ3n) is 4.06. The van der Waals surface area contributed by atoms with Gasteiger partial charge in [0.1, 0.15) is 0 Å². The summed E-state index contributed by atoms with van der Waals surface area (Å²) in [5.41, 5.74) is 0.847. The summed E-state index contributed by atoms with van der Waals surface area (Å²) in [4.78, 5) is 25.1. The number of hydrogen-bond donors (Lipinski definition) is 0. The number of nitrogens with zero attached hydrogens (tertiary/aromatic N) is 2. The van der Waals surface area contributed by atoms with Crippen molar-refractivity contribution >= 4 is 23.2 Å². The van der Waals surface area contributed by atoms with Gasteiger partial charge in [-0.2, -0.15) is 0 Å². The van der Waals surface area contributed by atoms with Crippen molar-refractivity contribution in [1.29, 1.82) is 0 Å². The molecule has 1 aromatic rings. The third kappa shape index (κ3) is 3.35. The molecule has 0 aromatic heterocycles. The zero-order valence-electron chi connectivity index (χ0n) is 12.0. The lowest BCUT2D eigenvalue weighted by Gasteiger charge is -2.36. The molecule has 1 aromatic carbocycles. The van der Waals surface area contributed by atoms with Gasteiger partial charge in [-0.1, -0.05) is 6.07 Å². The Morgan fingerprint density at radius 1 is 1.48 bits per heavy atom. The highest BCUT2D eigenvalue weighted by molar-refractivity contribution is 6.17. The van der Waals surface area contributed by atoms with Crippen LogP contribution >= 0.6 is 11.6 Å². The maximum Gasteiger partial charge on any atom is 0.273 e. The zero-order valence-corrected chi connectivity index (χ0v) is 12.8. The molecule has 1 amide bonds. The average Bonchev–Trinajstić information content (AvgIpc) is 2.47. The van der Waals surface area contributed by atoms with Gasteiger partial charge in [0.05, 0.1) is 4.92 Å². The Bertz CT molecular complexity index is 546. The SMILES string of the molecule is Cc1c(C(=O)N2CCCCC2CCCl)cccc1[N+](=O)[O-]. The first-order valence-electron chi connectivity index (χ1n) is 7.17. The summed E-state index contributed by atoms with van der Waals surface area (Å²) >= 11 is 5.82. The summed E-state index contributed by atoms with van der Waals surface area (Å²) in [6.07, 6.45) is 3.78. The predicted molar refractivity (Wildman–Crippen MR) is 81.8 cm³/mol. The number of halogens is 1. The van der Waals surface area contributed by atoms with E-state index in [2.05, 4.69) is 0 Å². The highest BCUT2D eigenvalue weighted by Crippen LogP contribution is 2.26. The Hall–Kier alpha value is -1.62. The fourth-order valence-electron chi connectivity index (χ4n) is 2.90. The number of benzene rings is 1. The van der Waals surface area contributed by atoms with Crippen molar-refractivity contribution in [2.75, 3.05) is 12.4 Å². The second-order valence-electron chi connectivity index (χ2n) is 5.33. The highest BCUT2D eigenvalue weighted by Gasteiger charge is 2.29. The summed E-state index contributed by atoms with van der Waals surface area (Å²) < 4.78 is 0. The number of nitro benzene ring substituents is 1. The first-order chi connectivity index (χ1) is 10.1. The number of piperidine rings is 1. The molecule has 0 saturated carbocycles. The van der Waals surface area contributed by atoms with Crippen LogP contribution in [0.15, 0.2) is 18.2 Å². The van der Waals surface area contributed by atoms with E-state index in [0.29, 0.717) is 23.6 Å². The molecular weight excluding hydrogens is 292 g/mol. The summed E-state index contributed by atoms with van der Waals surface area (Å²) in [6, 6.07) is 4.80. The number of rotatable bonds is 4. The molecule has 0 radical (unpaired) electrons. The average molecular weight is 311 g/mol. The van der Waals surface area contributed by atoms with Gasteiger partial charge in [-0.3, -0.25) is 14.9 Å². The first-order valence-corrected chi connectivity index (χ1v) is 7.70. The Morgan fingerprint density at radius 3 is 2.90 bits per heavy atom. The van der Waals surface area contributed by atoms with Crippen LogP contribution in [0, 0.1) is 17.0 Å². The number of alkyl halides is 1. The fourth-order valence-corrected chi connectivity index (χ4v) is 3.15. The van der Waals surface area contributed by atoms with Crippen LogP contribution in [0.4, 0.5) is 5.69 Å². The highest BCUT2D eigenvalue weighted by atomic mass is 35.5. The van der Waals surface area contributed by atoms with Gasteiger partial charge in [-0.05, 0) is 38.7 Å². The minimum absolute atomic E-state index is 0.00764. The molecule has 1 saturated heterocycles. The minimum atomic E-state index is -0.446. The lowest BCUT2D eigenvalue weighted by atomic mass is 9.97. The number of amides is 1. The lowest BCUT2D eigenvalue weighted by Crippen LogP contribution is -2.44. The number of carbonyl (C=O) groups excluding carboxylic acids is 1. The van der Waals surface area contributed by atoms with Crippen molar-refractivity contribution in [3.8, 4) is 0 Å². The van der Waals surface area contributed by atoms with Gasteiger partial charge >= 0.3 is 0 Å². The van der Waals surface area contributed by atoms with Crippen LogP contribution < -0.4 is 0 Å². The van der Waals surface area contributed by atoms with Crippen LogP contribution in [0.3, 0.4) is 0 Å². The molecule has 5 nitrogen and oxygen atoms in total. The van der Waals surface area contributed by atoms with Crippen molar-refractivity contribution in [2.24, 2.45) is 0 Å². The fraction of sp³-hybridized carbons (Fsp3) is 0.533. The first kappa shape index (κ1) is 15.8. The van der Waals surface area contributed by atoms with Crippen molar-refractivity contribution in [1.82, 2.24) is 4.90 Å². The van der Waals surface area contributed by atoms with Gasteiger partial charge in [-0.15, -0.1) is 11.6 Å². The van der Waals surface area contributed by atoms with Crippen molar-refractivity contribution in [3.63, 3.8) is 0 Å². The molecule has 1 aliphatic heterocycles. The van der Waals surface area contributed by atoms with Gasteiger partial charge in [0.2, 0.25) is 0 Å². The van der Waals surface area contributed by atoms with Crippen LogP contribution in [-0.2, 0) is 0 Å². The molecule has 2 rings (SSSR count). The van der Waals surface area contributed by atoms with Crippen molar-refractivity contribution < 1.29 is 9.72 Å². The molecule has 0 aliphatic carbocycles. The van der Waals surface area contributed by atoms with E-state index in [1.807, 2.05) is 4.90 Å². The maximum absolute atomic E-state index is 12.7. The standard InChI is InChI=1S/C15H19ClN2O3/c1-11-13(6-4-7-14(11)18(20)21)15(19)17-10-3-2-5-12(17)8-9-16/h4,6-7,12H,2-3,5,8-10H2,1H3. The second kappa shape index (κ2) is 6.89. The molecule has 1 fully saturated rings. The van der Waals surface area contributed by atoms with Gasteiger partial charge in [0, 0.05) is 35.7 Å². The van der Waals surface area contributed by atoms with E-state index in [1.54, 1.807) is 19.1 Å². The van der Waals surface area contributed by atoms with Crippen molar-refractivity contribution in [3.05, 3.63) is 39.4 Å². The minimum Gasteiger partial charge on any atom is -0.336 e. The van der Waals surface area contributed by atoms with E-state index in [9.17, 15) is 14.9 Å². The molecule has 21 heavy (non-hydrogen) atoms. The summed E-state index contributed by atoms with van der Waals surface area (Å²) in [5.74, 6) is 0.397. The van der Waals surface area contributed by atoms with Crippen molar-refractivity contribution in [2.45, 2.75) is 38.6 Å². The van der Waals surface area contributed by atoms with Gasteiger partial charge in [0.15, 0.2) is 0 Å². The van der Waals surface area contributed by atoms with Crippen LogP contribution in [0.5, 0.6) is 0 Å². The van der Waals surface area contributed by atoms with Gasteiger partial charge in [0.25, 0.3) is 11.6 Å². The lowest BCUT2D eigenvalue weighted by molar-refractivity contribution is -0.385. The summed E-state index contributed by atoms with van der Waals surface area (Å²) in [7, 11) is 0. The predicted octanol–water partition coefficient (Wildman–Crippen LogP) is 3.53. The molecular formula is C15H19ClN2O3. The molecule has 1 unspecified atom stereocenters. The molecule has 1 aliphatic rings. The Labute approximate surface area is 129 Å².